The highest BCUT2D eigenvalue weighted by Crippen LogP contribution is 2.11. The molecule has 0 aliphatic rings. The number of urea groups is 1. The second kappa shape index (κ2) is 8.11. The summed E-state index contributed by atoms with van der Waals surface area (Å²) in [4.78, 5) is 22.8. The van der Waals surface area contributed by atoms with E-state index in [-0.39, 0.29) is 24.8 Å². The maximum atomic E-state index is 11.6. The molecule has 1 aromatic rings. The molecular weight excluding hydrogens is 276 g/mol. The lowest BCUT2D eigenvalue weighted by atomic mass is 10.1. The standard InChI is InChI=1S/C14H20N2O5/c1-9(21-2)8-15-14(20)16-12(13(18)19)7-10-3-5-11(17)6-4-10/h3-6,9,12,17H,7-8H2,1-2H3,(H,18,19)(H2,15,16,20)/t9?,12-/m1/s1. The van der Waals surface area contributed by atoms with Crippen LogP contribution in [0.25, 0.3) is 0 Å². The van der Waals surface area contributed by atoms with Crippen molar-refractivity contribution < 1.29 is 24.5 Å². The van der Waals surface area contributed by atoms with Crippen LogP contribution in [-0.4, -0.2) is 48.0 Å². The van der Waals surface area contributed by atoms with Gasteiger partial charge >= 0.3 is 12.0 Å². The van der Waals surface area contributed by atoms with Gasteiger partial charge in [0.1, 0.15) is 11.8 Å². The Morgan fingerprint density at radius 2 is 1.90 bits per heavy atom. The third-order valence-electron chi connectivity index (χ3n) is 2.93. The zero-order chi connectivity index (χ0) is 15.8. The molecule has 1 rings (SSSR count). The van der Waals surface area contributed by atoms with Crippen LogP contribution in [0.5, 0.6) is 5.75 Å². The number of nitrogens with one attached hydrogen (secondary N) is 2. The molecule has 7 heteroatoms. The minimum Gasteiger partial charge on any atom is -0.508 e. The van der Waals surface area contributed by atoms with Gasteiger partial charge in [0.2, 0.25) is 0 Å². The molecule has 0 aliphatic heterocycles. The van der Waals surface area contributed by atoms with Gasteiger partial charge in [0.05, 0.1) is 6.10 Å². The second-order valence-electron chi connectivity index (χ2n) is 4.66. The van der Waals surface area contributed by atoms with E-state index in [4.69, 9.17) is 9.84 Å². The molecule has 0 radical (unpaired) electrons. The fraction of sp³-hybridized carbons (Fsp3) is 0.429. The quantitative estimate of drug-likeness (QED) is 0.593. The fourth-order valence-corrected chi connectivity index (χ4v) is 1.60. The van der Waals surface area contributed by atoms with Gasteiger partial charge in [-0.3, -0.25) is 0 Å². The summed E-state index contributed by atoms with van der Waals surface area (Å²) in [6.45, 7) is 2.07. The molecule has 116 valence electrons. The number of carboxylic acid groups (broad SMARTS) is 1. The Morgan fingerprint density at radius 3 is 2.43 bits per heavy atom. The molecule has 0 aliphatic carbocycles. The number of aliphatic carboxylic acids is 1. The van der Waals surface area contributed by atoms with Crippen molar-refractivity contribution in [2.24, 2.45) is 0 Å². The molecule has 0 heterocycles. The molecule has 1 aromatic carbocycles. The SMILES string of the molecule is COC(C)CNC(=O)N[C@H](Cc1ccc(O)cc1)C(=O)O. The van der Waals surface area contributed by atoms with Gasteiger partial charge in [0, 0.05) is 20.1 Å². The first-order chi connectivity index (χ1) is 9.92. The number of carbonyl (C=O) groups is 2. The molecule has 2 atom stereocenters. The molecule has 7 nitrogen and oxygen atoms in total. The van der Waals surface area contributed by atoms with E-state index in [0.717, 1.165) is 0 Å². The van der Waals surface area contributed by atoms with Crippen molar-refractivity contribution in [1.82, 2.24) is 10.6 Å². The van der Waals surface area contributed by atoms with Crippen LogP contribution in [0.1, 0.15) is 12.5 Å². The van der Waals surface area contributed by atoms with Crippen LogP contribution in [0, 0.1) is 0 Å². The molecule has 0 spiro atoms. The molecule has 0 aromatic heterocycles. The smallest absolute Gasteiger partial charge is 0.326 e. The summed E-state index contributed by atoms with van der Waals surface area (Å²) in [5, 5.41) is 23.3. The predicted octanol–water partition coefficient (Wildman–Crippen LogP) is 0.722. The molecule has 0 fully saturated rings. The Balaban J connectivity index is 2.55. The van der Waals surface area contributed by atoms with Gasteiger partial charge in [-0.25, -0.2) is 9.59 Å². The molecular formula is C14H20N2O5. The Kier molecular flexibility index (Phi) is 6.48. The van der Waals surface area contributed by atoms with Crippen LogP contribution in [0.2, 0.25) is 0 Å². The van der Waals surface area contributed by atoms with Crippen LogP contribution in [0.15, 0.2) is 24.3 Å². The Hall–Kier alpha value is -2.28. The number of phenols is 1. The van der Waals surface area contributed by atoms with E-state index in [9.17, 15) is 14.7 Å². The average Bonchev–Trinajstić information content (AvgIpc) is 2.46. The number of carbonyl (C=O) groups excluding carboxylic acids is 1. The molecule has 21 heavy (non-hydrogen) atoms. The highest BCUT2D eigenvalue weighted by molar-refractivity contribution is 5.82. The van der Waals surface area contributed by atoms with Gasteiger partial charge in [-0.05, 0) is 24.6 Å². The molecule has 0 bridgehead atoms. The van der Waals surface area contributed by atoms with Crippen LogP contribution in [0.4, 0.5) is 4.79 Å². The Morgan fingerprint density at radius 1 is 1.29 bits per heavy atom. The topological polar surface area (TPSA) is 108 Å². The third kappa shape index (κ3) is 6.13. The molecule has 1 unspecified atom stereocenters. The van der Waals surface area contributed by atoms with Crippen molar-refractivity contribution in [3.8, 4) is 5.75 Å². The van der Waals surface area contributed by atoms with Gasteiger partial charge in [-0.1, -0.05) is 12.1 Å². The van der Waals surface area contributed by atoms with E-state index >= 15 is 0 Å². The molecule has 0 saturated carbocycles. The van der Waals surface area contributed by atoms with Gasteiger partial charge < -0.3 is 25.6 Å². The summed E-state index contributed by atoms with van der Waals surface area (Å²) >= 11 is 0. The first kappa shape index (κ1) is 16.8. The van der Waals surface area contributed by atoms with Gasteiger partial charge in [0.15, 0.2) is 0 Å². The third-order valence-corrected chi connectivity index (χ3v) is 2.93. The Bertz CT molecular complexity index is 475. The van der Waals surface area contributed by atoms with E-state index in [1.165, 1.54) is 19.2 Å². The minimum atomic E-state index is -1.13. The van der Waals surface area contributed by atoms with Gasteiger partial charge in [-0.15, -0.1) is 0 Å². The molecule has 4 N–H and O–H groups in total. The van der Waals surface area contributed by atoms with Crippen LogP contribution in [0.3, 0.4) is 0 Å². The first-order valence-corrected chi connectivity index (χ1v) is 6.50. The summed E-state index contributed by atoms with van der Waals surface area (Å²) in [7, 11) is 1.52. The van der Waals surface area contributed by atoms with Crippen molar-refractivity contribution in [2.45, 2.75) is 25.5 Å². The lowest BCUT2D eigenvalue weighted by Crippen LogP contribution is -2.48. The minimum absolute atomic E-state index is 0.102. The highest BCUT2D eigenvalue weighted by atomic mass is 16.5. The zero-order valence-corrected chi connectivity index (χ0v) is 12.0. The van der Waals surface area contributed by atoms with E-state index in [2.05, 4.69) is 10.6 Å². The average molecular weight is 296 g/mol. The number of amides is 2. The maximum absolute atomic E-state index is 11.6. The number of benzene rings is 1. The van der Waals surface area contributed by atoms with E-state index in [1.807, 2.05) is 0 Å². The number of hydrogen-bond donors (Lipinski definition) is 4. The lowest BCUT2D eigenvalue weighted by Gasteiger charge is -2.16. The van der Waals surface area contributed by atoms with Crippen LogP contribution >= 0.6 is 0 Å². The Labute approximate surface area is 122 Å². The fourth-order valence-electron chi connectivity index (χ4n) is 1.60. The van der Waals surface area contributed by atoms with E-state index in [0.29, 0.717) is 5.56 Å². The van der Waals surface area contributed by atoms with Gasteiger partial charge in [0.25, 0.3) is 0 Å². The number of ether oxygens (including phenoxy) is 1. The van der Waals surface area contributed by atoms with E-state index in [1.54, 1.807) is 19.1 Å². The molecule has 2 amide bonds. The van der Waals surface area contributed by atoms with Crippen molar-refractivity contribution in [3.05, 3.63) is 29.8 Å². The normalized spacial score (nSPS) is 13.2. The van der Waals surface area contributed by atoms with E-state index < -0.39 is 18.0 Å². The summed E-state index contributed by atoms with van der Waals surface area (Å²) < 4.78 is 4.98. The van der Waals surface area contributed by atoms with Gasteiger partial charge in [-0.2, -0.15) is 0 Å². The van der Waals surface area contributed by atoms with Crippen molar-refractivity contribution in [3.63, 3.8) is 0 Å². The maximum Gasteiger partial charge on any atom is 0.326 e. The number of carboxylic acids is 1. The first-order valence-electron chi connectivity index (χ1n) is 6.50. The largest absolute Gasteiger partial charge is 0.508 e. The van der Waals surface area contributed by atoms with Crippen molar-refractivity contribution in [1.29, 1.82) is 0 Å². The number of rotatable bonds is 7. The van der Waals surface area contributed by atoms with Crippen LogP contribution in [-0.2, 0) is 16.0 Å². The summed E-state index contributed by atoms with van der Waals surface area (Å²) in [5.74, 6) is -1.03. The summed E-state index contributed by atoms with van der Waals surface area (Å²) in [6.07, 6.45) is -0.0285. The highest BCUT2D eigenvalue weighted by Gasteiger charge is 2.20. The zero-order valence-electron chi connectivity index (χ0n) is 12.0. The monoisotopic (exact) mass is 296 g/mol. The number of hydrogen-bond acceptors (Lipinski definition) is 4. The number of methoxy groups -OCH3 is 1. The van der Waals surface area contributed by atoms with Crippen molar-refractivity contribution >= 4 is 12.0 Å². The predicted molar refractivity (Wildman–Crippen MR) is 76.2 cm³/mol. The lowest BCUT2D eigenvalue weighted by molar-refractivity contribution is -0.139. The van der Waals surface area contributed by atoms with Crippen LogP contribution < -0.4 is 10.6 Å². The summed E-state index contributed by atoms with van der Waals surface area (Å²) in [6, 6.07) is 4.54. The molecule has 0 saturated heterocycles. The summed E-state index contributed by atoms with van der Waals surface area (Å²) in [5.41, 5.74) is 0.700. The second-order valence-corrected chi connectivity index (χ2v) is 4.66. The van der Waals surface area contributed by atoms with Crippen molar-refractivity contribution in [2.75, 3.05) is 13.7 Å². The number of aromatic hydroxyl groups is 1. The number of phenolic OH excluding ortho intramolecular Hbond substituents is 1.